The van der Waals surface area contributed by atoms with Crippen LogP contribution in [0.5, 0.6) is 5.75 Å². The normalized spacial score (nSPS) is 29.9. The van der Waals surface area contributed by atoms with Crippen molar-refractivity contribution in [1.29, 1.82) is 0 Å². The number of allylic oxidation sites excluding steroid dienone is 4. The molecule has 7 rings (SSSR count). The van der Waals surface area contributed by atoms with Crippen molar-refractivity contribution in [1.82, 2.24) is 5.06 Å². The average Bonchev–Trinajstić information content (AvgIpc) is 3.24. The van der Waals surface area contributed by atoms with Crippen LogP contribution in [0.2, 0.25) is 0 Å². The molecule has 1 aliphatic heterocycles. The molecule has 0 radical (unpaired) electrons. The summed E-state index contributed by atoms with van der Waals surface area (Å²) in [5.74, 6) is -5.13. The van der Waals surface area contributed by atoms with E-state index in [1.165, 1.54) is 6.08 Å². The molecule has 0 aromatic heterocycles. The Morgan fingerprint density at radius 2 is 1.47 bits per heavy atom. The number of imide groups is 1. The van der Waals surface area contributed by atoms with Crippen molar-refractivity contribution in [3.63, 3.8) is 0 Å². The number of hydrogen-bond donors (Lipinski definition) is 2. The lowest BCUT2D eigenvalue weighted by molar-refractivity contribution is -0.173. The number of Topliss-reactive ketones (excluding diaryl/α,β-unsaturated/α-hetero) is 1. The third-order valence-corrected chi connectivity index (χ3v) is 10.2. The molecule has 7 heteroatoms. The lowest BCUT2D eigenvalue weighted by Crippen LogP contribution is -2.58. The minimum Gasteiger partial charge on any atom is -0.507 e. The van der Waals surface area contributed by atoms with Crippen LogP contribution in [0.4, 0.5) is 0 Å². The zero-order chi connectivity index (χ0) is 30.2. The van der Waals surface area contributed by atoms with Crippen LogP contribution in [0.3, 0.4) is 0 Å². The second-order valence-electron chi connectivity index (χ2n) is 12.3. The van der Waals surface area contributed by atoms with Gasteiger partial charge in [-0.1, -0.05) is 84.4 Å². The van der Waals surface area contributed by atoms with Crippen molar-refractivity contribution in [3.8, 4) is 5.75 Å². The highest BCUT2D eigenvalue weighted by atomic mass is 16.5. The standard InChI is InChI=1S/C36H31NO6/c1-19-15-22(16-20(2)32(19)39)31-24-13-14-25-30(35(42)37(43)34(25)41)27(24)17-28-33(40)26(21-9-5-3-6-10-21)18-29(38)36(28,31)23-11-7-4-8-12-23/h3-13,15-16,18,25,27-28,30-31,39,43H,14,17H2,1-2H3. The van der Waals surface area contributed by atoms with Gasteiger partial charge in [0.1, 0.15) is 5.75 Å². The van der Waals surface area contributed by atoms with Crippen molar-refractivity contribution in [2.45, 2.75) is 38.0 Å². The molecule has 3 aromatic carbocycles. The van der Waals surface area contributed by atoms with Crippen LogP contribution in [-0.2, 0) is 24.6 Å². The van der Waals surface area contributed by atoms with E-state index in [4.69, 9.17) is 0 Å². The van der Waals surface area contributed by atoms with Gasteiger partial charge in [0.25, 0.3) is 11.8 Å². The van der Waals surface area contributed by atoms with Crippen LogP contribution in [0.25, 0.3) is 5.57 Å². The summed E-state index contributed by atoms with van der Waals surface area (Å²) in [5.41, 5.74) is 3.19. The van der Waals surface area contributed by atoms with E-state index < -0.39 is 46.8 Å². The Kier molecular flexibility index (Phi) is 6.15. The highest BCUT2D eigenvalue weighted by molar-refractivity contribution is 6.31. The van der Waals surface area contributed by atoms with Gasteiger partial charge >= 0.3 is 0 Å². The monoisotopic (exact) mass is 573 g/mol. The van der Waals surface area contributed by atoms with Gasteiger partial charge in [-0.05, 0) is 66.5 Å². The van der Waals surface area contributed by atoms with E-state index in [0.717, 1.165) is 11.1 Å². The second-order valence-corrected chi connectivity index (χ2v) is 12.3. The first-order valence-electron chi connectivity index (χ1n) is 14.6. The van der Waals surface area contributed by atoms with Crippen molar-refractivity contribution in [2.24, 2.45) is 23.7 Å². The number of fused-ring (bicyclic) bond motifs is 4. The van der Waals surface area contributed by atoms with Crippen LogP contribution >= 0.6 is 0 Å². The van der Waals surface area contributed by atoms with Crippen LogP contribution in [0.15, 0.2) is 90.5 Å². The number of phenolic OH excluding ortho intramolecular Hbond substituents is 1. The van der Waals surface area contributed by atoms with E-state index in [0.29, 0.717) is 27.8 Å². The number of benzene rings is 3. The van der Waals surface area contributed by atoms with E-state index >= 15 is 0 Å². The molecule has 2 amide bonds. The third kappa shape index (κ3) is 3.70. The molecule has 216 valence electrons. The topological polar surface area (TPSA) is 112 Å². The fourth-order valence-corrected chi connectivity index (χ4v) is 8.39. The lowest BCUT2D eigenvalue weighted by Gasteiger charge is -2.55. The van der Waals surface area contributed by atoms with Crippen molar-refractivity contribution in [3.05, 3.63) is 118 Å². The number of carbonyl (C=O) groups excluding carboxylic acids is 4. The average molecular weight is 574 g/mol. The molecule has 1 heterocycles. The quantitative estimate of drug-likeness (QED) is 0.252. The number of amides is 2. The molecule has 43 heavy (non-hydrogen) atoms. The molecule has 0 spiro atoms. The number of aryl methyl sites for hydroxylation is 2. The van der Waals surface area contributed by atoms with Gasteiger partial charge in [-0.25, -0.2) is 0 Å². The predicted molar refractivity (Wildman–Crippen MR) is 158 cm³/mol. The number of aromatic hydroxyl groups is 1. The van der Waals surface area contributed by atoms with Gasteiger partial charge in [0.15, 0.2) is 11.6 Å². The van der Waals surface area contributed by atoms with Gasteiger partial charge in [-0.2, -0.15) is 5.06 Å². The maximum absolute atomic E-state index is 14.9. The van der Waals surface area contributed by atoms with Gasteiger partial charge in [0, 0.05) is 17.4 Å². The molecule has 3 aromatic rings. The summed E-state index contributed by atoms with van der Waals surface area (Å²) in [5, 5.41) is 21.3. The number of ketones is 2. The number of rotatable bonds is 3. The minimum absolute atomic E-state index is 0.156. The molecular formula is C36H31NO6. The largest absolute Gasteiger partial charge is 0.507 e. The summed E-state index contributed by atoms with van der Waals surface area (Å²) >= 11 is 0. The molecule has 6 unspecified atom stereocenters. The van der Waals surface area contributed by atoms with E-state index in [1.807, 2.05) is 78.9 Å². The number of carbonyl (C=O) groups is 4. The molecule has 2 N–H and O–H groups in total. The van der Waals surface area contributed by atoms with Gasteiger partial charge in [-0.15, -0.1) is 0 Å². The molecule has 3 aliphatic carbocycles. The fraction of sp³-hybridized carbons (Fsp3) is 0.278. The maximum Gasteiger partial charge on any atom is 0.257 e. The highest BCUT2D eigenvalue weighted by Gasteiger charge is 2.66. The van der Waals surface area contributed by atoms with E-state index in [9.17, 15) is 29.5 Å². The van der Waals surface area contributed by atoms with Crippen LogP contribution in [0.1, 0.15) is 46.6 Å². The Labute approximate surface area is 249 Å². The first-order valence-corrected chi connectivity index (χ1v) is 14.6. The summed E-state index contributed by atoms with van der Waals surface area (Å²) in [7, 11) is 0. The number of hydroxylamine groups is 2. The second kappa shape index (κ2) is 9.71. The van der Waals surface area contributed by atoms with Gasteiger partial charge in [0.05, 0.1) is 17.3 Å². The third-order valence-electron chi connectivity index (χ3n) is 10.2. The van der Waals surface area contributed by atoms with Crippen molar-refractivity contribution in [2.75, 3.05) is 0 Å². The van der Waals surface area contributed by atoms with Crippen LogP contribution in [-0.4, -0.2) is 38.8 Å². The van der Waals surface area contributed by atoms with Gasteiger partial charge in [-0.3, -0.25) is 24.4 Å². The summed E-state index contributed by atoms with van der Waals surface area (Å²) in [6, 6.07) is 22.2. The molecule has 2 fully saturated rings. The molecule has 4 aliphatic rings. The minimum atomic E-state index is -1.33. The van der Waals surface area contributed by atoms with E-state index in [1.54, 1.807) is 13.8 Å². The molecule has 0 bridgehead atoms. The first-order chi connectivity index (χ1) is 20.7. The molecular weight excluding hydrogens is 542 g/mol. The highest BCUT2D eigenvalue weighted by Crippen LogP contribution is 2.63. The zero-order valence-corrected chi connectivity index (χ0v) is 23.9. The Morgan fingerprint density at radius 1 is 0.837 bits per heavy atom. The summed E-state index contributed by atoms with van der Waals surface area (Å²) in [6.45, 7) is 3.60. The summed E-state index contributed by atoms with van der Waals surface area (Å²) in [4.78, 5) is 55.9. The van der Waals surface area contributed by atoms with Gasteiger partial charge < -0.3 is 5.11 Å². The first kappa shape index (κ1) is 27.2. The molecule has 1 saturated heterocycles. The number of phenols is 1. The zero-order valence-electron chi connectivity index (χ0n) is 23.9. The Morgan fingerprint density at radius 3 is 2.12 bits per heavy atom. The van der Waals surface area contributed by atoms with Gasteiger partial charge in [0.2, 0.25) is 0 Å². The summed E-state index contributed by atoms with van der Waals surface area (Å²) < 4.78 is 0. The molecule has 1 saturated carbocycles. The maximum atomic E-state index is 14.9. The Balaban J connectivity index is 1.54. The van der Waals surface area contributed by atoms with Crippen LogP contribution < -0.4 is 0 Å². The SMILES string of the molecule is Cc1cc(C2C3=CCC4C(=O)N(O)C(=O)C4C3CC3C(=O)C(c4ccccc4)=CC(=O)C32c2ccccc2)cc(C)c1O. The number of hydrogen-bond acceptors (Lipinski definition) is 6. The predicted octanol–water partition coefficient (Wildman–Crippen LogP) is 5.22. The van der Waals surface area contributed by atoms with Crippen molar-refractivity contribution >= 4 is 29.0 Å². The number of nitrogens with zero attached hydrogens (tertiary/aromatic N) is 1. The molecule has 6 atom stereocenters. The summed E-state index contributed by atoms with van der Waals surface area (Å²) in [6.07, 6.45) is 3.86. The Bertz CT molecular complexity index is 1750. The van der Waals surface area contributed by atoms with Crippen LogP contribution in [0, 0.1) is 37.5 Å². The van der Waals surface area contributed by atoms with E-state index in [2.05, 4.69) is 0 Å². The van der Waals surface area contributed by atoms with E-state index in [-0.39, 0.29) is 35.2 Å². The van der Waals surface area contributed by atoms with Crippen molar-refractivity contribution < 1.29 is 29.5 Å². The molecule has 7 nitrogen and oxygen atoms in total. The Hall–Kier alpha value is -4.62. The lowest BCUT2D eigenvalue weighted by atomic mass is 9.44. The smallest absolute Gasteiger partial charge is 0.257 e. The fourth-order valence-electron chi connectivity index (χ4n) is 8.39.